The van der Waals surface area contributed by atoms with Crippen LogP contribution in [0.5, 0.6) is 0 Å². The van der Waals surface area contributed by atoms with Crippen molar-refractivity contribution in [3.05, 3.63) is 47.1 Å². The number of carbonyl (C=O) groups excluding carboxylic acids is 1. The van der Waals surface area contributed by atoms with Crippen LogP contribution in [-0.4, -0.2) is 50.8 Å². The first-order valence-corrected chi connectivity index (χ1v) is 8.44. The van der Waals surface area contributed by atoms with Gasteiger partial charge in [-0.25, -0.2) is 4.68 Å². The third-order valence-corrected chi connectivity index (χ3v) is 4.63. The maximum Gasteiger partial charge on any atom is 0.320 e. The number of hydrogen-bond acceptors (Lipinski definition) is 4. The van der Waals surface area contributed by atoms with Crippen LogP contribution in [0.25, 0.3) is 0 Å². The van der Waals surface area contributed by atoms with E-state index in [0.717, 1.165) is 12.0 Å². The van der Waals surface area contributed by atoms with Gasteiger partial charge >= 0.3 is 5.97 Å². The summed E-state index contributed by atoms with van der Waals surface area (Å²) in [7, 11) is 0. The Morgan fingerprint density at radius 2 is 2.12 bits per heavy atom. The number of amides is 1. The summed E-state index contributed by atoms with van der Waals surface area (Å²) < 4.78 is 1.65. The maximum atomic E-state index is 12.3. The van der Waals surface area contributed by atoms with Crippen molar-refractivity contribution < 1.29 is 14.7 Å². The Bertz CT molecular complexity index is 777. The number of nitrogens with zero attached hydrogens (tertiary/aromatic N) is 3. The molecule has 2 heterocycles. The quantitative estimate of drug-likeness (QED) is 0.821. The molecule has 0 radical (unpaired) electrons. The number of halogens is 1. The molecule has 0 spiro atoms. The number of carboxylic acid groups (broad SMARTS) is 1. The molecule has 8 heteroatoms. The molecule has 0 unspecified atom stereocenters. The van der Waals surface area contributed by atoms with Gasteiger partial charge in [0.2, 0.25) is 5.91 Å². The number of carbonyl (C=O) groups is 2. The van der Waals surface area contributed by atoms with Crippen LogP contribution >= 0.6 is 11.6 Å². The standard InChI is InChI=1S/C17H19ClN4O3/c18-13-5-2-1-4-12(13)10-22-15(7-8-19-22)20-16(23)11-21-9-3-6-14(21)17(24)25/h1-2,4-5,7-8,14H,3,6,9-11H2,(H,20,23)(H,24,25)/t14-/m0/s1. The SMILES string of the molecule is O=C(CN1CCC[C@H]1C(=O)O)Nc1ccnn1Cc1ccccc1Cl. The molecule has 1 atom stereocenters. The zero-order valence-corrected chi connectivity index (χ0v) is 14.3. The highest BCUT2D eigenvalue weighted by molar-refractivity contribution is 6.31. The molecule has 0 bridgehead atoms. The third-order valence-electron chi connectivity index (χ3n) is 4.26. The van der Waals surface area contributed by atoms with E-state index in [1.54, 1.807) is 27.9 Å². The van der Waals surface area contributed by atoms with Gasteiger partial charge in [0.25, 0.3) is 0 Å². The minimum atomic E-state index is -0.880. The fourth-order valence-corrected chi connectivity index (χ4v) is 3.21. The maximum absolute atomic E-state index is 12.3. The molecule has 3 rings (SSSR count). The zero-order valence-electron chi connectivity index (χ0n) is 13.6. The van der Waals surface area contributed by atoms with Crippen LogP contribution in [0.1, 0.15) is 18.4 Å². The van der Waals surface area contributed by atoms with Crippen molar-refractivity contribution in [1.29, 1.82) is 0 Å². The smallest absolute Gasteiger partial charge is 0.320 e. The molecule has 1 aliphatic heterocycles. The highest BCUT2D eigenvalue weighted by atomic mass is 35.5. The zero-order chi connectivity index (χ0) is 17.8. The van der Waals surface area contributed by atoms with Gasteiger partial charge < -0.3 is 10.4 Å². The number of aliphatic carboxylic acids is 1. The Hall–Kier alpha value is -2.38. The lowest BCUT2D eigenvalue weighted by molar-refractivity contribution is -0.142. The van der Waals surface area contributed by atoms with E-state index in [-0.39, 0.29) is 12.5 Å². The van der Waals surface area contributed by atoms with Gasteiger partial charge in [-0.15, -0.1) is 0 Å². The molecule has 1 amide bonds. The normalized spacial score (nSPS) is 17.6. The number of likely N-dealkylation sites (tertiary alicyclic amines) is 1. The number of benzene rings is 1. The lowest BCUT2D eigenvalue weighted by Gasteiger charge is -2.20. The summed E-state index contributed by atoms with van der Waals surface area (Å²) in [5.41, 5.74) is 0.897. The van der Waals surface area contributed by atoms with E-state index in [1.807, 2.05) is 18.2 Å². The number of rotatable bonds is 6. The van der Waals surface area contributed by atoms with Gasteiger partial charge in [-0.05, 0) is 31.0 Å². The van der Waals surface area contributed by atoms with Gasteiger partial charge in [0.15, 0.2) is 0 Å². The largest absolute Gasteiger partial charge is 0.480 e. The number of carboxylic acids is 1. The van der Waals surface area contributed by atoms with Crippen molar-refractivity contribution in [2.75, 3.05) is 18.4 Å². The Morgan fingerprint density at radius 1 is 1.32 bits per heavy atom. The Kier molecular flexibility index (Phi) is 5.35. The first-order chi connectivity index (χ1) is 12.0. The van der Waals surface area contributed by atoms with Crippen LogP contribution in [-0.2, 0) is 16.1 Å². The van der Waals surface area contributed by atoms with E-state index in [2.05, 4.69) is 10.4 Å². The van der Waals surface area contributed by atoms with Crippen LogP contribution in [0.2, 0.25) is 5.02 Å². The molecule has 0 saturated carbocycles. The van der Waals surface area contributed by atoms with Gasteiger partial charge in [-0.1, -0.05) is 29.8 Å². The first kappa shape index (κ1) is 17.4. The number of hydrogen-bond donors (Lipinski definition) is 2. The summed E-state index contributed by atoms with van der Waals surface area (Å²) in [6.45, 7) is 1.10. The molecular weight excluding hydrogens is 344 g/mol. The molecule has 0 aliphatic carbocycles. The van der Waals surface area contributed by atoms with Crippen molar-refractivity contribution in [2.24, 2.45) is 0 Å². The van der Waals surface area contributed by atoms with Crippen molar-refractivity contribution in [3.8, 4) is 0 Å². The second-order valence-corrected chi connectivity index (χ2v) is 6.39. The van der Waals surface area contributed by atoms with E-state index in [9.17, 15) is 14.7 Å². The Morgan fingerprint density at radius 3 is 2.88 bits per heavy atom. The van der Waals surface area contributed by atoms with Crippen molar-refractivity contribution in [2.45, 2.75) is 25.4 Å². The summed E-state index contributed by atoms with van der Waals surface area (Å²) in [6, 6.07) is 8.57. The van der Waals surface area contributed by atoms with Gasteiger partial charge in [0.1, 0.15) is 11.9 Å². The second kappa shape index (κ2) is 7.67. The molecule has 1 fully saturated rings. The van der Waals surface area contributed by atoms with Crippen molar-refractivity contribution >= 4 is 29.3 Å². The number of nitrogens with one attached hydrogen (secondary N) is 1. The molecule has 1 saturated heterocycles. The van der Waals surface area contributed by atoms with Gasteiger partial charge in [-0.3, -0.25) is 14.5 Å². The molecule has 1 aliphatic rings. The van der Waals surface area contributed by atoms with Crippen LogP contribution in [0, 0.1) is 0 Å². The number of anilines is 1. The Labute approximate surface area is 150 Å². The Balaban J connectivity index is 1.64. The predicted octanol–water partition coefficient (Wildman–Crippen LogP) is 2.07. The van der Waals surface area contributed by atoms with Gasteiger partial charge in [0, 0.05) is 11.1 Å². The predicted molar refractivity (Wildman–Crippen MR) is 93.6 cm³/mol. The monoisotopic (exact) mass is 362 g/mol. The highest BCUT2D eigenvalue weighted by Crippen LogP contribution is 2.19. The molecule has 7 nitrogen and oxygen atoms in total. The minimum absolute atomic E-state index is 0.0498. The molecule has 132 valence electrons. The summed E-state index contributed by atoms with van der Waals surface area (Å²) >= 11 is 6.17. The van der Waals surface area contributed by atoms with Crippen LogP contribution in [0.3, 0.4) is 0 Å². The number of aromatic nitrogens is 2. The molecular formula is C17H19ClN4O3. The lowest BCUT2D eigenvalue weighted by Crippen LogP contribution is -2.41. The van der Waals surface area contributed by atoms with E-state index in [0.29, 0.717) is 30.4 Å². The third kappa shape index (κ3) is 4.18. The fourth-order valence-electron chi connectivity index (χ4n) is 3.01. The summed E-state index contributed by atoms with van der Waals surface area (Å²) in [4.78, 5) is 25.2. The minimum Gasteiger partial charge on any atom is -0.480 e. The lowest BCUT2D eigenvalue weighted by atomic mass is 10.2. The van der Waals surface area contributed by atoms with Crippen molar-refractivity contribution in [1.82, 2.24) is 14.7 Å². The fraction of sp³-hybridized carbons (Fsp3) is 0.353. The van der Waals surface area contributed by atoms with Crippen LogP contribution < -0.4 is 5.32 Å². The van der Waals surface area contributed by atoms with Crippen molar-refractivity contribution in [3.63, 3.8) is 0 Å². The summed E-state index contributed by atoms with van der Waals surface area (Å²) in [5.74, 6) is -0.584. The highest BCUT2D eigenvalue weighted by Gasteiger charge is 2.31. The second-order valence-electron chi connectivity index (χ2n) is 5.98. The topological polar surface area (TPSA) is 87.5 Å². The molecule has 2 aromatic rings. The first-order valence-electron chi connectivity index (χ1n) is 8.06. The van der Waals surface area contributed by atoms with E-state index < -0.39 is 12.0 Å². The van der Waals surface area contributed by atoms with Gasteiger partial charge in [0.05, 0.1) is 19.3 Å². The van der Waals surface area contributed by atoms with E-state index in [1.165, 1.54) is 0 Å². The van der Waals surface area contributed by atoms with E-state index >= 15 is 0 Å². The summed E-state index contributed by atoms with van der Waals surface area (Å²) in [6.07, 6.45) is 2.96. The van der Waals surface area contributed by atoms with Crippen LogP contribution in [0.4, 0.5) is 5.82 Å². The molecule has 1 aromatic heterocycles. The average Bonchev–Trinajstić information content (AvgIpc) is 3.19. The van der Waals surface area contributed by atoms with E-state index in [4.69, 9.17) is 11.6 Å². The average molecular weight is 363 g/mol. The molecule has 25 heavy (non-hydrogen) atoms. The van der Waals surface area contributed by atoms with Crippen LogP contribution in [0.15, 0.2) is 36.5 Å². The van der Waals surface area contributed by atoms with Gasteiger partial charge in [-0.2, -0.15) is 5.10 Å². The molecule has 2 N–H and O–H groups in total. The summed E-state index contributed by atoms with van der Waals surface area (Å²) in [5, 5.41) is 16.8. The molecule has 1 aromatic carbocycles.